The van der Waals surface area contributed by atoms with Gasteiger partial charge in [0.05, 0.1) is 17.7 Å². The molecule has 1 saturated heterocycles. The van der Waals surface area contributed by atoms with Gasteiger partial charge in [-0.1, -0.05) is 37.3 Å². The summed E-state index contributed by atoms with van der Waals surface area (Å²) in [7, 11) is -2.30. The number of benzene rings is 1. The Hall–Kier alpha value is -2.30. The van der Waals surface area contributed by atoms with Gasteiger partial charge in [-0.15, -0.1) is 0 Å². The molecule has 3 rings (SSSR count). The van der Waals surface area contributed by atoms with E-state index in [1.807, 2.05) is 12.1 Å². The van der Waals surface area contributed by atoms with Crippen LogP contribution >= 0.6 is 11.3 Å². The van der Waals surface area contributed by atoms with Crippen molar-refractivity contribution in [3.63, 3.8) is 0 Å². The number of rotatable bonds is 6. The summed E-state index contributed by atoms with van der Waals surface area (Å²) in [6, 6.07) is 6.98. The fourth-order valence-electron chi connectivity index (χ4n) is 3.47. The fraction of sp³-hybridized carbons (Fsp3) is 0.476. The van der Waals surface area contributed by atoms with Crippen molar-refractivity contribution in [2.75, 3.05) is 25.5 Å². The van der Waals surface area contributed by atoms with Crippen molar-refractivity contribution in [1.29, 1.82) is 0 Å². The average molecular weight is 466 g/mol. The molecule has 0 unspecified atom stereocenters. The summed E-state index contributed by atoms with van der Waals surface area (Å²) in [5, 5.41) is 3.08. The van der Waals surface area contributed by atoms with Crippen LogP contribution in [0.1, 0.15) is 53.5 Å². The first kappa shape index (κ1) is 23.4. The van der Waals surface area contributed by atoms with Gasteiger partial charge in [0.15, 0.2) is 5.13 Å². The highest BCUT2D eigenvalue weighted by atomic mass is 32.2. The molecule has 0 aliphatic carbocycles. The number of methoxy groups -OCH3 is 1. The van der Waals surface area contributed by atoms with E-state index in [1.54, 1.807) is 19.1 Å². The quantitative estimate of drug-likeness (QED) is 0.656. The van der Waals surface area contributed by atoms with Gasteiger partial charge in [0, 0.05) is 19.0 Å². The zero-order valence-electron chi connectivity index (χ0n) is 18.0. The van der Waals surface area contributed by atoms with Crippen LogP contribution in [-0.2, 0) is 19.6 Å². The Labute approximate surface area is 186 Å². The minimum atomic E-state index is -3.59. The number of nitrogens with zero attached hydrogens (tertiary/aromatic N) is 2. The molecule has 0 bridgehead atoms. The molecule has 168 valence electrons. The van der Waals surface area contributed by atoms with E-state index >= 15 is 0 Å². The van der Waals surface area contributed by atoms with Crippen molar-refractivity contribution in [3.8, 4) is 0 Å². The number of esters is 1. The second-order valence-corrected chi connectivity index (χ2v) is 10.8. The highest BCUT2D eigenvalue weighted by molar-refractivity contribution is 7.89. The third kappa shape index (κ3) is 5.13. The maximum atomic E-state index is 12.9. The number of hydrogen-bond donors (Lipinski definition) is 1. The first-order valence-electron chi connectivity index (χ1n) is 10.1. The minimum Gasteiger partial charge on any atom is -0.465 e. The van der Waals surface area contributed by atoms with Crippen molar-refractivity contribution in [2.45, 2.75) is 44.4 Å². The Morgan fingerprint density at radius 3 is 2.35 bits per heavy atom. The van der Waals surface area contributed by atoms with Crippen LogP contribution in [0.5, 0.6) is 0 Å². The molecule has 0 saturated carbocycles. The van der Waals surface area contributed by atoms with Crippen molar-refractivity contribution < 1.29 is 22.7 Å². The summed E-state index contributed by atoms with van der Waals surface area (Å²) in [6.45, 7) is 6.34. The highest BCUT2D eigenvalue weighted by Gasteiger charge is 2.32. The van der Waals surface area contributed by atoms with Crippen molar-refractivity contribution in [2.24, 2.45) is 5.92 Å². The molecule has 2 heterocycles. The molecule has 1 N–H and O–H groups in total. The number of anilines is 1. The SMILES string of the molecule is COC(=O)c1sc(NC(=O)C2CCN(S(=O)(=O)c3ccc(C(C)C)cc3)CC2)nc1C. The maximum absolute atomic E-state index is 12.9. The van der Waals surface area contributed by atoms with Crippen LogP contribution < -0.4 is 5.32 Å². The number of aryl methyl sites for hydroxylation is 1. The lowest BCUT2D eigenvalue weighted by Gasteiger charge is -2.30. The first-order chi connectivity index (χ1) is 14.6. The topological polar surface area (TPSA) is 106 Å². The second-order valence-electron chi connectivity index (χ2n) is 7.82. The number of nitrogens with one attached hydrogen (secondary N) is 1. The number of thiazole rings is 1. The van der Waals surface area contributed by atoms with Crippen LogP contribution in [0.15, 0.2) is 29.2 Å². The van der Waals surface area contributed by atoms with Crippen LogP contribution in [0.3, 0.4) is 0 Å². The van der Waals surface area contributed by atoms with E-state index in [9.17, 15) is 18.0 Å². The van der Waals surface area contributed by atoms with Gasteiger partial charge in [0.2, 0.25) is 15.9 Å². The van der Waals surface area contributed by atoms with Crippen LogP contribution in [0.25, 0.3) is 0 Å². The normalized spacial score (nSPS) is 15.8. The molecule has 1 amide bonds. The molecule has 1 fully saturated rings. The number of aromatic nitrogens is 1. The van der Waals surface area contributed by atoms with E-state index in [4.69, 9.17) is 4.74 Å². The number of amides is 1. The van der Waals surface area contributed by atoms with Crippen molar-refractivity contribution in [1.82, 2.24) is 9.29 Å². The predicted molar refractivity (Wildman–Crippen MR) is 119 cm³/mol. The molecule has 31 heavy (non-hydrogen) atoms. The third-order valence-corrected chi connectivity index (χ3v) is 8.37. The average Bonchev–Trinajstić information content (AvgIpc) is 3.13. The zero-order valence-corrected chi connectivity index (χ0v) is 19.7. The number of hydrogen-bond acceptors (Lipinski definition) is 7. The van der Waals surface area contributed by atoms with Gasteiger partial charge in [0.25, 0.3) is 0 Å². The largest absolute Gasteiger partial charge is 0.465 e. The van der Waals surface area contributed by atoms with E-state index in [-0.39, 0.29) is 29.8 Å². The smallest absolute Gasteiger partial charge is 0.350 e. The highest BCUT2D eigenvalue weighted by Crippen LogP contribution is 2.28. The van der Waals surface area contributed by atoms with E-state index in [0.29, 0.717) is 34.5 Å². The predicted octanol–water partition coefficient (Wildman–Crippen LogP) is 3.40. The summed E-state index contributed by atoms with van der Waals surface area (Å²) in [6.07, 6.45) is 0.840. The van der Waals surface area contributed by atoms with Gasteiger partial charge < -0.3 is 10.1 Å². The van der Waals surface area contributed by atoms with Gasteiger partial charge in [-0.3, -0.25) is 4.79 Å². The fourth-order valence-corrected chi connectivity index (χ4v) is 5.83. The summed E-state index contributed by atoms with van der Waals surface area (Å²) in [5.41, 5.74) is 1.58. The number of piperidine rings is 1. The summed E-state index contributed by atoms with van der Waals surface area (Å²) in [4.78, 5) is 29.2. The Morgan fingerprint density at radius 1 is 1.19 bits per heavy atom. The summed E-state index contributed by atoms with van der Waals surface area (Å²) >= 11 is 1.07. The Bertz CT molecular complexity index is 1050. The van der Waals surface area contributed by atoms with E-state index in [2.05, 4.69) is 24.1 Å². The summed E-state index contributed by atoms with van der Waals surface area (Å²) in [5.74, 6) is -0.698. The molecule has 1 aliphatic rings. The third-order valence-electron chi connectivity index (χ3n) is 5.41. The number of ether oxygens (including phenoxy) is 1. The van der Waals surface area contributed by atoms with E-state index < -0.39 is 16.0 Å². The molecule has 10 heteroatoms. The molecule has 2 aromatic rings. The number of carbonyl (C=O) groups excluding carboxylic acids is 2. The zero-order chi connectivity index (χ0) is 22.8. The monoisotopic (exact) mass is 465 g/mol. The summed E-state index contributed by atoms with van der Waals surface area (Å²) < 4.78 is 32.0. The molecule has 0 radical (unpaired) electrons. The van der Waals surface area contributed by atoms with Gasteiger partial charge in [-0.05, 0) is 43.4 Å². The molecular weight excluding hydrogens is 438 g/mol. The molecule has 1 aromatic carbocycles. The van der Waals surface area contributed by atoms with Crippen LogP contribution in [-0.4, -0.2) is 49.8 Å². The molecular formula is C21H27N3O5S2. The maximum Gasteiger partial charge on any atom is 0.350 e. The lowest BCUT2D eigenvalue weighted by molar-refractivity contribution is -0.120. The number of sulfonamides is 1. The second kappa shape index (κ2) is 9.46. The minimum absolute atomic E-state index is 0.219. The van der Waals surface area contributed by atoms with Crippen LogP contribution in [0, 0.1) is 12.8 Å². The molecule has 1 aromatic heterocycles. The van der Waals surface area contributed by atoms with Gasteiger partial charge in [0.1, 0.15) is 4.88 Å². The Kier molecular flexibility index (Phi) is 7.13. The molecule has 0 atom stereocenters. The van der Waals surface area contributed by atoms with Gasteiger partial charge in [-0.2, -0.15) is 4.31 Å². The Morgan fingerprint density at radius 2 is 1.81 bits per heavy atom. The lowest BCUT2D eigenvalue weighted by Crippen LogP contribution is -2.41. The number of carbonyl (C=O) groups is 2. The lowest BCUT2D eigenvalue weighted by atomic mass is 9.97. The molecule has 1 aliphatic heterocycles. The van der Waals surface area contributed by atoms with Gasteiger partial charge >= 0.3 is 5.97 Å². The standard InChI is InChI=1S/C21H27N3O5S2/c1-13(2)15-5-7-17(8-6-15)31(27,28)24-11-9-16(10-12-24)19(25)23-21-22-14(3)18(30-21)20(26)29-4/h5-8,13,16H,9-12H2,1-4H3,(H,22,23,25). The first-order valence-corrected chi connectivity index (χ1v) is 12.4. The van der Waals surface area contributed by atoms with Crippen molar-refractivity contribution in [3.05, 3.63) is 40.4 Å². The van der Waals surface area contributed by atoms with E-state index in [0.717, 1.165) is 16.9 Å². The molecule has 0 spiro atoms. The van der Waals surface area contributed by atoms with E-state index in [1.165, 1.54) is 11.4 Å². The van der Waals surface area contributed by atoms with Crippen LogP contribution in [0.4, 0.5) is 5.13 Å². The van der Waals surface area contributed by atoms with Crippen molar-refractivity contribution >= 4 is 38.4 Å². The van der Waals surface area contributed by atoms with Crippen LogP contribution in [0.2, 0.25) is 0 Å². The Balaban J connectivity index is 1.61. The van der Waals surface area contributed by atoms with Gasteiger partial charge in [-0.25, -0.2) is 18.2 Å². The molecule has 8 nitrogen and oxygen atoms in total.